The Balaban J connectivity index is 2.38. The summed E-state index contributed by atoms with van der Waals surface area (Å²) in [6.07, 6.45) is -3.90. The molecule has 1 amide bonds. The fraction of sp³-hybridized carbons (Fsp3) is 0.462. The minimum Gasteiger partial charge on any atom is -0.369 e. The number of halogens is 4. The lowest BCUT2D eigenvalue weighted by Crippen LogP contribution is -2.44. The van der Waals surface area contributed by atoms with E-state index in [1.807, 2.05) is 0 Å². The second-order valence-corrected chi connectivity index (χ2v) is 7.59. The maximum absolute atomic E-state index is 12.9. The van der Waals surface area contributed by atoms with Gasteiger partial charge in [0.15, 0.2) is 0 Å². The zero-order chi connectivity index (χ0) is 17.4. The zero-order valence-electron chi connectivity index (χ0n) is 11.8. The Bertz CT molecular complexity index is 722. The predicted octanol–water partition coefficient (Wildman–Crippen LogP) is 2.24. The van der Waals surface area contributed by atoms with E-state index in [2.05, 4.69) is 0 Å². The number of nitrogens with two attached hydrogens (primary N) is 1. The van der Waals surface area contributed by atoms with Gasteiger partial charge in [-0.25, -0.2) is 8.42 Å². The molecular weight excluding hydrogens is 357 g/mol. The number of rotatable bonds is 3. The third-order valence-electron chi connectivity index (χ3n) is 3.67. The summed E-state index contributed by atoms with van der Waals surface area (Å²) in [4.78, 5) is 10.7. The molecule has 2 rings (SSSR count). The molecule has 1 aromatic carbocycles. The highest BCUT2D eigenvalue weighted by Gasteiger charge is 2.37. The average molecular weight is 371 g/mol. The molecule has 2 N–H and O–H groups in total. The number of hydrogen-bond acceptors (Lipinski definition) is 3. The lowest BCUT2D eigenvalue weighted by molar-refractivity contribution is -0.137. The summed E-state index contributed by atoms with van der Waals surface area (Å²) in [5.41, 5.74) is 3.97. The van der Waals surface area contributed by atoms with E-state index in [0.29, 0.717) is 18.9 Å². The SMILES string of the molecule is NC(=O)[C@H]1CCCN(S(=O)(=O)c2ccc(Cl)c(C(F)(F)F)c2)C1. The fourth-order valence-corrected chi connectivity index (χ4v) is 4.20. The van der Waals surface area contributed by atoms with Crippen LogP contribution in [0.1, 0.15) is 18.4 Å². The average Bonchev–Trinajstić information content (AvgIpc) is 2.46. The summed E-state index contributed by atoms with van der Waals surface area (Å²) in [7, 11) is -4.16. The molecule has 128 valence electrons. The summed E-state index contributed by atoms with van der Waals surface area (Å²) in [5, 5.41) is -0.579. The number of amides is 1. The fourth-order valence-electron chi connectivity index (χ4n) is 2.42. The first-order chi connectivity index (χ1) is 10.5. The number of hydrogen-bond donors (Lipinski definition) is 1. The Kier molecular flexibility index (Phi) is 4.93. The molecule has 1 heterocycles. The molecule has 0 spiro atoms. The second-order valence-electron chi connectivity index (χ2n) is 5.24. The van der Waals surface area contributed by atoms with Crippen LogP contribution in [-0.4, -0.2) is 31.7 Å². The molecule has 0 radical (unpaired) electrons. The smallest absolute Gasteiger partial charge is 0.369 e. The van der Waals surface area contributed by atoms with Crippen LogP contribution < -0.4 is 5.73 Å². The third kappa shape index (κ3) is 3.78. The summed E-state index contributed by atoms with van der Waals surface area (Å²) < 4.78 is 64.6. The van der Waals surface area contributed by atoms with Gasteiger partial charge in [0.1, 0.15) is 0 Å². The van der Waals surface area contributed by atoms with Crippen LogP contribution in [0.25, 0.3) is 0 Å². The summed E-state index contributed by atoms with van der Waals surface area (Å²) in [6, 6.07) is 2.42. The van der Waals surface area contributed by atoms with Crippen LogP contribution in [-0.2, 0) is 21.0 Å². The number of alkyl halides is 3. The van der Waals surface area contributed by atoms with Gasteiger partial charge in [0.2, 0.25) is 15.9 Å². The molecule has 0 saturated carbocycles. The number of sulfonamides is 1. The van der Waals surface area contributed by atoms with Gasteiger partial charge in [-0.2, -0.15) is 17.5 Å². The van der Waals surface area contributed by atoms with E-state index in [1.54, 1.807) is 0 Å². The summed E-state index contributed by atoms with van der Waals surface area (Å²) >= 11 is 5.49. The van der Waals surface area contributed by atoms with E-state index < -0.39 is 43.5 Å². The quantitative estimate of drug-likeness (QED) is 0.886. The van der Waals surface area contributed by atoms with Crippen molar-refractivity contribution >= 4 is 27.5 Å². The number of piperidine rings is 1. The summed E-state index contributed by atoms with van der Waals surface area (Å²) in [6.45, 7) is -0.0161. The molecule has 0 bridgehead atoms. The Hall–Kier alpha value is -1.32. The summed E-state index contributed by atoms with van der Waals surface area (Å²) in [5.74, 6) is -1.27. The van der Waals surface area contributed by atoms with E-state index in [-0.39, 0.29) is 13.1 Å². The highest BCUT2D eigenvalue weighted by atomic mass is 35.5. The van der Waals surface area contributed by atoms with Crippen molar-refractivity contribution in [2.24, 2.45) is 11.7 Å². The second kappa shape index (κ2) is 6.29. The Morgan fingerprint density at radius 2 is 2.00 bits per heavy atom. The van der Waals surface area contributed by atoms with Crippen LogP contribution in [0.3, 0.4) is 0 Å². The zero-order valence-corrected chi connectivity index (χ0v) is 13.4. The number of benzene rings is 1. The molecule has 1 aromatic rings. The van der Waals surface area contributed by atoms with Gasteiger partial charge in [-0.1, -0.05) is 11.6 Å². The van der Waals surface area contributed by atoms with Crippen LogP contribution in [0.5, 0.6) is 0 Å². The molecule has 1 aliphatic rings. The van der Waals surface area contributed by atoms with Crippen molar-refractivity contribution in [3.05, 3.63) is 28.8 Å². The van der Waals surface area contributed by atoms with Crippen LogP contribution in [0.15, 0.2) is 23.1 Å². The van der Waals surface area contributed by atoms with Crippen molar-refractivity contribution in [2.75, 3.05) is 13.1 Å². The van der Waals surface area contributed by atoms with Gasteiger partial charge in [-0.15, -0.1) is 0 Å². The predicted molar refractivity (Wildman–Crippen MR) is 77.1 cm³/mol. The van der Waals surface area contributed by atoms with E-state index in [9.17, 15) is 26.4 Å². The van der Waals surface area contributed by atoms with E-state index in [0.717, 1.165) is 16.4 Å². The first-order valence-electron chi connectivity index (χ1n) is 6.69. The topological polar surface area (TPSA) is 80.5 Å². The number of carbonyl (C=O) groups is 1. The molecule has 1 fully saturated rings. The molecule has 0 unspecified atom stereocenters. The normalized spacial score (nSPS) is 20.4. The monoisotopic (exact) mass is 370 g/mol. The van der Waals surface area contributed by atoms with Crippen LogP contribution in [0.4, 0.5) is 13.2 Å². The van der Waals surface area contributed by atoms with Gasteiger partial charge < -0.3 is 5.73 Å². The lowest BCUT2D eigenvalue weighted by atomic mass is 9.99. The minimum absolute atomic E-state index is 0.121. The molecule has 10 heteroatoms. The third-order valence-corrected chi connectivity index (χ3v) is 5.86. The van der Waals surface area contributed by atoms with E-state index in [1.165, 1.54) is 0 Å². The number of nitrogens with zero attached hydrogens (tertiary/aromatic N) is 1. The van der Waals surface area contributed by atoms with Crippen molar-refractivity contribution in [2.45, 2.75) is 23.9 Å². The molecule has 1 atom stereocenters. The van der Waals surface area contributed by atoms with Crippen LogP contribution in [0.2, 0.25) is 5.02 Å². The van der Waals surface area contributed by atoms with Gasteiger partial charge in [-0.3, -0.25) is 4.79 Å². The molecule has 0 aliphatic carbocycles. The Morgan fingerprint density at radius 1 is 1.35 bits per heavy atom. The van der Waals surface area contributed by atoms with Crippen molar-refractivity contribution in [3.63, 3.8) is 0 Å². The van der Waals surface area contributed by atoms with Crippen molar-refractivity contribution in [1.82, 2.24) is 4.31 Å². The van der Waals surface area contributed by atoms with E-state index >= 15 is 0 Å². The molecule has 1 aliphatic heterocycles. The Labute approximate surface area is 136 Å². The molecule has 1 saturated heterocycles. The molecule has 23 heavy (non-hydrogen) atoms. The maximum Gasteiger partial charge on any atom is 0.417 e. The highest BCUT2D eigenvalue weighted by Crippen LogP contribution is 2.36. The van der Waals surface area contributed by atoms with Crippen molar-refractivity contribution in [3.8, 4) is 0 Å². The number of carbonyl (C=O) groups excluding carboxylic acids is 1. The maximum atomic E-state index is 12.9. The number of primary amides is 1. The van der Waals surface area contributed by atoms with Gasteiger partial charge in [-0.05, 0) is 31.0 Å². The van der Waals surface area contributed by atoms with Gasteiger partial charge in [0.05, 0.1) is 21.4 Å². The van der Waals surface area contributed by atoms with Crippen molar-refractivity contribution in [1.29, 1.82) is 0 Å². The largest absolute Gasteiger partial charge is 0.417 e. The Morgan fingerprint density at radius 3 is 2.57 bits per heavy atom. The van der Waals surface area contributed by atoms with E-state index in [4.69, 9.17) is 17.3 Å². The van der Waals surface area contributed by atoms with Crippen LogP contribution in [0, 0.1) is 5.92 Å². The standard InChI is InChI=1S/C13H14ClF3N2O3S/c14-11-4-3-9(6-10(11)13(15,16)17)23(21,22)19-5-1-2-8(7-19)12(18)20/h3-4,6,8H,1-2,5,7H2,(H2,18,20)/t8-/m0/s1. The highest BCUT2D eigenvalue weighted by molar-refractivity contribution is 7.89. The molecule has 0 aromatic heterocycles. The van der Waals surface area contributed by atoms with Gasteiger partial charge in [0.25, 0.3) is 0 Å². The minimum atomic E-state index is -4.76. The van der Waals surface area contributed by atoms with Gasteiger partial charge in [0, 0.05) is 13.1 Å². The lowest BCUT2D eigenvalue weighted by Gasteiger charge is -2.30. The van der Waals surface area contributed by atoms with Crippen LogP contribution >= 0.6 is 11.6 Å². The van der Waals surface area contributed by atoms with Gasteiger partial charge >= 0.3 is 6.18 Å². The first kappa shape index (κ1) is 18.0. The van der Waals surface area contributed by atoms with Crippen molar-refractivity contribution < 1.29 is 26.4 Å². The molecule has 5 nitrogen and oxygen atoms in total. The first-order valence-corrected chi connectivity index (χ1v) is 8.51. The molecular formula is C13H14ClF3N2O3S.